The highest BCUT2D eigenvalue weighted by Crippen LogP contribution is 2.18. The monoisotopic (exact) mass is 248 g/mol. The van der Waals surface area contributed by atoms with Gasteiger partial charge >= 0.3 is 9.28 Å². The number of rotatable bonds is 10. The van der Waals surface area contributed by atoms with E-state index < -0.39 is 9.28 Å². The van der Waals surface area contributed by atoms with Crippen LogP contribution < -0.4 is 0 Å². The summed E-state index contributed by atoms with van der Waals surface area (Å²) in [5.41, 5.74) is 0.571. The molecule has 0 N–H and O–H groups in total. The van der Waals surface area contributed by atoms with E-state index in [1.807, 2.05) is 0 Å². The molecule has 1 heterocycles. The zero-order valence-corrected chi connectivity index (χ0v) is 11.8. The van der Waals surface area contributed by atoms with E-state index in [0.717, 1.165) is 26.2 Å². The second kappa shape index (κ2) is 8.19. The molecular formula is C11H24O4Si. The Morgan fingerprint density at radius 3 is 2.56 bits per heavy atom. The van der Waals surface area contributed by atoms with Crippen LogP contribution in [0.1, 0.15) is 26.2 Å². The first-order chi connectivity index (χ1) is 7.77. The van der Waals surface area contributed by atoms with Gasteiger partial charge in [-0.1, -0.05) is 13.3 Å². The van der Waals surface area contributed by atoms with E-state index >= 15 is 0 Å². The smallest absolute Gasteiger partial charge is 0.323 e. The summed E-state index contributed by atoms with van der Waals surface area (Å²) in [6.07, 6.45) is 3.86. The molecule has 1 aliphatic heterocycles. The number of ether oxygens (including phenoxy) is 2. The average Bonchev–Trinajstić information content (AvgIpc) is 3.09. The molecular weight excluding hydrogens is 224 g/mol. The first-order valence-corrected chi connectivity index (χ1v) is 7.63. The minimum Gasteiger partial charge on any atom is -0.400 e. The van der Waals surface area contributed by atoms with Gasteiger partial charge < -0.3 is 18.3 Å². The highest BCUT2D eigenvalue weighted by Gasteiger charge is 2.22. The summed E-state index contributed by atoms with van der Waals surface area (Å²) >= 11 is 0. The van der Waals surface area contributed by atoms with Crippen molar-refractivity contribution in [1.29, 1.82) is 0 Å². The van der Waals surface area contributed by atoms with Gasteiger partial charge in [0.05, 0.1) is 13.2 Å². The lowest BCUT2D eigenvalue weighted by Crippen LogP contribution is -2.24. The third-order valence-corrected chi connectivity index (χ3v) is 5.03. The number of hydrogen-bond acceptors (Lipinski definition) is 4. The van der Waals surface area contributed by atoms with Crippen LogP contribution in [0.3, 0.4) is 0 Å². The quantitative estimate of drug-likeness (QED) is 0.333. The zero-order valence-electron chi connectivity index (χ0n) is 10.6. The Morgan fingerprint density at radius 2 is 2.00 bits per heavy atom. The zero-order chi connectivity index (χ0) is 11.8. The van der Waals surface area contributed by atoms with E-state index in [-0.39, 0.29) is 0 Å². The Labute approximate surface area is 100 Å². The van der Waals surface area contributed by atoms with E-state index in [2.05, 4.69) is 6.92 Å². The van der Waals surface area contributed by atoms with Gasteiger partial charge in [-0.15, -0.1) is 0 Å². The lowest BCUT2D eigenvalue weighted by Gasteiger charge is -2.18. The second-order valence-corrected chi connectivity index (χ2v) is 7.16. The fraction of sp³-hybridized carbons (Fsp3) is 1.00. The molecule has 1 fully saturated rings. The highest BCUT2D eigenvalue weighted by molar-refractivity contribution is 6.46. The standard InChI is InChI=1S/C11H24O4Si/c1-10(16(12-2)13-3)6-4-5-7-14-8-11-9-15-11/h10-11,16H,4-9H2,1-3H3. The molecule has 0 bridgehead atoms. The van der Waals surface area contributed by atoms with E-state index in [1.165, 1.54) is 12.8 Å². The molecule has 5 heteroatoms. The van der Waals surface area contributed by atoms with Crippen LogP contribution in [0.5, 0.6) is 0 Å². The van der Waals surface area contributed by atoms with Crippen molar-refractivity contribution in [3.8, 4) is 0 Å². The van der Waals surface area contributed by atoms with E-state index in [9.17, 15) is 0 Å². The number of epoxide rings is 1. The summed E-state index contributed by atoms with van der Waals surface area (Å²) in [5, 5.41) is 0. The minimum absolute atomic E-state index is 0.387. The molecule has 0 amide bonds. The molecule has 2 atom stereocenters. The topological polar surface area (TPSA) is 40.2 Å². The van der Waals surface area contributed by atoms with Gasteiger partial charge in [-0.05, 0) is 18.4 Å². The fourth-order valence-electron chi connectivity index (χ4n) is 1.75. The molecule has 1 rings (SSSR count). The fourth-order valence-corrected chi connectivity index (χ4v) is 3.38. The SMILES string of the molecule is CO[SiH](OC)C(C)CCCCOCC1CO1. The summed E-state index contributed by atoms with van der Waals surface area (Å²) in [6, 6.07) is 0. The van der Waals surface area contributed by atoms with Crippen LogP contribution in [0.2, 0.25) is 5.54 Å². The Kier molecular flexibility index (Phi) is 7.23. The van der Waals surface area contributed by atoms with Crippen molar-refractivity contribution >= 4 is 9.28 Å². The van der Waals surface area contributed by atoms with Crippen molar-refractivity contribution in [1.82, 2.24) is 0 Å². The van der Waals surface area contributed by atoms with Crippen LogP contribution in [0.25, 0.3) is 0 Å². The molecule has 4 nitrogen and oxygen atoms in total. The van der Waals surface area contributed by atoms with Crippen molar-refractivity contribution in [2.45, 2.75) is 37.8 Å². The summed E-state index contributed by atoms with van der Waals surface area (Å²) < 4.78 is 21.2. The lowest BCUT2D eigenvalue weighted by molar-refractivity contribution is 0.112. The van der Waals surface area contributed by atoms with Gasteiger partial charge in [0.15, 0.2) is 0 Å². The van der Waals surface area contributed by atoms with Crippen LogP contribution in [0.4, 0.5) is 0 Å². The van der Waals surface area contributed by atoms with E-state index in [1.54, 1.807) is 14.2 Å². The minimum atomic E-state index is -1.41. The van der Waals surface area contributed by atoms with Crippen molar-refractivity contribution in [2.24, 2.45) is 0 Å². The first kappa shape index (κ1) is 14.1. The molecule has 1 saturated heterocycles. The summed E-state index contributed by atoms with van der Waals surface area (Å²) in [4.78, 5) is 0. The predicted molar refractivity (Wildman–Crippen MR) is 65.0 cm³/mol. The number of unbranched alkanes of at least 4 members (excludes halogenated alkanes) is 1. The molecule has 0 aromatic heterocycles. The molecule has 0 aromatic carbocycles. The number of hydrogen-bond donors (Lipinski definition) is 0. The molecule has 1 aliphatic rings. The molecule has 0 aliphatic carbocycles. The predicted octanol–water partition coefficient (Wildman–Crippen LogP) is 1.48. The van der Waals surface area contributed by atoms with Crippen molar-refractivity contribution in [3.05, 3.63) is 0 Å². The Morgan fingerprint density at radius 1 is 1.31 bits per heavy atom. The van der Waals surface area contributed by atoms with Crippen molar-refractivity contribution < 1.29 is 18.3 Å². The Bertz CT molecular complexity index is 171. The maximum absolute atomic E-state index is 5.48. The maximum Gasteiger partial charge on any atom is 0.323 e. The largest absolute Gasteiger partial charge is 0.400 e. The Hall–Kier alpha value is 0.0569. The highest BCUT2D eigenvalue weighted by atomic mass is 28.3. The third kappa shape index (κ3) is 5.96. The molecule has 0 radical (unpaired) electrons. The molecule has 2 unspecified atom stereocenters. The average molecular weight is 248 g/mol. The molecule has 0 spiro atoms. The summed E-state index contributed by atoms with van der Waals surface area (Å²) in [6.45, 7) is 4.70. The van der Waals surface area contributed by atoms with Crippen LogP contribution in [-0.4, -0.2) is 49.4 Å². The summed E-state index contributed by atoms with van der Waals surface area (Å²) in [7, 11) is 2.08. The van der Waals surface area contributed by atoms with Gasteiger partial charge in [0.25, 0.3) is 0 Å². The second-order valence-electron chi connectivity index (χ2n) is 4.34. The van der Waals surface area contributed by atoms with E-state index in [4.69, 9.17) is 18.3 Å². The maximum atomic E-state index is 5.48. The van der Waals surface area contributed by atoms with Gasteiger partial charge in [0, 0.05) is 20.8 Å². The first-order valence-electron chi connectivity index (χ1n) is 6.03. The lowest BCUT2D eigenvalue weighted by atomic mass is 10.2. The van der Waals surface area contributed by atoms with Crippen LogP contribution in [0, 0.1) is 0 Å². The normalized spacial score (nSPS) is 21.4. The summed E-state index contributed by atoms with van der Waals surface area (Å²) in [5.74, 6) is 0. The van der Waals surface area contributed by atoms with Crippen molar-refractivity contribution in [2.75, 3.05) is 34.0 Å². The van der Waals surface area contributed by atoms with Gasteiger partial charge in [0.1, 0.15) is 6.10 Å². The van der Waals surface area contributed by atoms with Gasteiger partial charge in [0.2, 0.25) is 0 Å². The van der Waals surface area contributed by atoms with Crippen molar-refractivity contribution in [3.63, 3.8) is 0 Å². The van der Waals surface area contributed by atoms with Gasteiger partial charge in [-0.25, -0.2) is 0 Å². The Balaban J connectivity index is 1.88. The molecule has 16 heavy (non-hydrogen) atoms. The van der Waals surface area contributed by atoms with Crippen LogP contribution in [0.15, 0.2) is 0 Å². The van der Waals surface area contributed by atoms with Gasteiger partial charge in [-0.2, -0.15) is 0 Å². The van der Waals surface area contributed by atoms with Crippen LogP contribution >= 0.6 is 0 Å². The van der Waals surface area contributed by atoms with Gasteiger partial charge in [-0.3, -0.25) is 0 Å². The van der Waals surface area contributed by atoms with Crippen LogP contribution in [-0.2, 0) is 18.3 Å². The molecule has 0 saturated carbocycles. The van der Waals surface area contributed by atoms with E-state index in [0.29, 0.717) is 11.6 Å². The third-order valence-electron chi connectivity index (χ3n) is 2.83. The molecule has 0 aromatic rings. The molecule has 96 valence electrons.